The van der Waals surface area contributed by atoms with E-state index >= 15 is 0 Å². The van der Waals surface area contributed by atoms with Crippen molar-refractivity contribution in [2.75, 3.05) is 0 Å². The molecule has 0 bridgehead atoms. The van der Waals surface area contributed by atoms with Crippen molar-refractivity contribution >= 4 is 5.97 Å². The molecule has 0 heterocycles. The van der Waals surface area contributed by atoms with Gasteiger partial charge in [-0.15, -0.1) is 0 Å². The number of rotatable bonds is 3. The average molecular weight is 267 g/mol. The van der Waals surface area contributed by atoms with Crippen LogP contribution in [0, 0.1) is 5.92 Å². The lowest BCUT2D eigenvalue weighted by Crippen LogP contribution is -2.50. The van der Waals surface area contributed by atoms with E-state index in [0.29, 0.717) is 0 Å². The fourth-order valence-electron chi connectivity index (χ4n) is 3.55. The van der Waals surface area contributed by atoms with Crippen molar-refractivity contribution in [3.05, 3.63) is 0 Å². The molecule has 0 aromatic heterocycles. The van der Waals surface area contributed by atoms with Crippen LogP contribution in [0.1, 0.15) is 77.6 Å². The Morgan fingerprint density at radius 1 is 1.16 bits per heavy atom. The van der Waals surface area contributed by atoms with E-state index in [1.807, 2.05) is 0 Å². The highest BCUT2D eigenvalue weighted by Crippen LogP contribution is 2.31. The molecule has 2 N–H and O–H groups in total. The van der Waals surface area contributed by atoms with Crippen molar-refractivity contribution < 1.29 is 9.53 Å². The Morgan fingerprint density at radius 2 is 1.84 bits per heavy atom. The van der Waals surface area contributed by atoms with Crippen molar-refractivity contribution in [2.45, 2.75) is 89.2 Å². The summed E-state index contributed by atoms with van der Waals surface area (Å²) in [6.45, 7) is 2.23. The summed E-state index contributed by atoms with van der Waals surface area (Å²) in [5.74, 6) is 0.602. The normalized spacial score (nSPS) is 31.5. The molecule has 2 aliphatic carbocycles. The molecule has 2 fully saturated rings. The summed E-state index contributed by atoms with van der Waals surface area (Å²) in [7, 11) is 0. The molecule has 2 atom stereocenters. The molecule has 2 saturated carbocycles. The molecular weight excluding hydrogens is 238 g/mol. The van der Waals surface area contributed by atoms with Crippen LogP contribution >= 0.6 is 0 Å². The van der Waals surface area contributed by atoms with Gasteiger partial charge in [-0.1, -0.05) is 45.4 Å². The minimum atomic E-state index is -0.699. The van der Waals surface area contributed by atoms with Gasteiger partial charge >= 0.3 is 5.97 Å². The second-order valence-electron chi connectivity index (χ2n) is 6.54. The largest absolute Gasteiger partial charge is 0.461 e. The van der Waals surface area contributed by atoms with Crippen LogP contribution in [0.4, 0.5) is 0 Å². The number of carbonyl (C=O) groups excluding carboxylic acids is 1. The third-order valence-corrected chi connectivity index (χ3v) is 4.99. The lowest BCUT2D eigenvalue weighted by Gasteiger charge is -2.32. The first-order valence-corrected chi connectivity index (χ1v) is 8.14. The second-order valence-corrected chi connectivity index (χ2v) is 6.54. The summed E-state index contributed by atoms with van der Waals surface area (Å²) in [6.07, 6.45) is 12.0. The number of hydrogen-bond donors (Lipinski definition) is 1. The summed E-state index contributed by atoms with van der Waals surface area (Å²) >= 11 is 0. The average Bonchev–Trinajstić information content (AvgIpc) is 2.65. The van der Waals surface area contributed by atoms with Crippen molar-refractivity contribution in [3.63, 3.8) is 0 Å². The minimum Gasteiger partial charge on any atom is -0.461 e. The molecule has 0 amide bonds. The predicted molar refractivity (Wildman–Crippen MR) is 76.7 cm³/mol. The summed E-state index contributed by atoms with van der Waals surface area (Å²) in [5, 5.41) is 0. The zero-order valence-electron chi connectivity index (χ0n) is 12.3. The van der Waals surface area contributed by atoms with Crippen LogP contribution in [-0.4, -0.2) is 17.6 Å². The second kappa shape index (κ2) is 6.74. The topological polar surface area (TPSA) is 52.3 Å². The maximum absolute atomic E-state index is 12.4. The molecule has 2 unspecified atom stereocenters. The molecule has 0 saturated heterocycles. The maximum Gasteiger partial charge on any atom is 0.326 e. The van der Waals surface area contributed by atoms with Crippen molar-refractivity contribution in [1.82, 2.24) is 0 Å². The fraction of sp³-hybridized carbons (Fsp3) is 0.938. The first-order valence-electron chi connectivity index (χ1n) is 8.14. The lowest BCUT2D eigenvalue weighted by atomic mass is 9.85. The number of hydrogen-bond acceptors (Lipinski definition) is 3. The van der Waals surface area contributed by atoms with Gasteiger partial charge in [0.2, 0.25) is 0 Å². The van der Waals surface area contributed by atoms with Crippen LogP contribution in [0.5, 0.6) is 0 Å². The quantitative estimate of drug-likeness (QED) is 0.628. The van der Waals surface area contributed by atoms with E-state index in [1.165, 1.54) is 32.1 Å². The SMILES string of the molecule is CCC1CCCC(OC(=O)C2(N)CCCCCC2)C1. The molecule has 0 radical (unpaired) electrons. The molecule has 0 aromatic carbocycles. The van der Waals surface area contributed by atoms with Gasteiger partial charge in [0.25, 0.3) is 0 Å². The van der Waals surface area contributed by atoms with Crippen LogP contribution in [0.2, 0.25) is 0 Å². The van der Waals surface area contributed by atoms with Crippen LogP contribution in [-0.2, 0) is 9.53 Å². The van der Waals surface area contributed by atoms with E-state index in [-0.39, 0.29) is 12.1 Å². The summed E-state index contributed by atoms with van der Waals surface area (Å²) in [6, 6.07) is 0. The smallest absolute Gasteiger partial charge is 0.326 e. The Morgan fingerprint density at radius 3 is 2.47 bits per heavy atom. The van der Waals surface area contributed by atoms with Gasteiger partial charge in [0.05, 0.1) is 0 Å². The van der Waals surface area contributed by atoms with Gasteiger partial charge in [0.15, 0.2) is 0 Å². The standard InChI is InChI=1S/C16H29NO2/c1-2-13-8-7-9-14(12-13)19-15(18)16(17)10-5-3-4-6-11-16/h13-14H,2-12,17H2,1H3. The molecule has 19 heavy (non-hydrogen) atoms. The van der Waals surface area contributed by atoms with Crippen molar-refractivity contribution in [1.29, 1.82) is 0 Å². The molecular formula is C16H29NO2. The zero-order valence-corrected chi connectivity index (χ0v) is 12.3. The summed E-state index contributed by atoms with van der Waals surface area (Å²) in [5.41, 5.74) is 5.61. The van der Waals surface area contributed by atoms with E-state index in [4.69, 9.17) is 10.5 Å². The number of esters is 1. The first-order chi connectivity index (χ1) is 9.14. The molecule has 0 spiro atoms. The highest BCUT2D eigenvalue weighted by atomic mass is 16.5. The Bertz CT molecular complexity index is 295. The number of ether oxygens (including phenoxy) is 1. The molecule has 2 aliphatic rings. The van der Waals surface area contributed by atoms with Crippen LogP contribution in [0.25, 0.3) is 0 Å². The Labute approximate surface area is 117 Å². The summed E-state index contributed by atoms with van der Waals surface area (Å²) < 4.78 is 5.76. The van der Waals surface area contributed by atoms with E-state index in [2.05, 4.69) is 6.92 Å². The summed E-state index contributed by atoms with van der Waals surface area (Å²) in [4.78, 5) is 12.4. The minimum absolute atomic E-state index is 0.120. The van der Waals surface area contributed by atoms with Crippen LogP contribution in [0.3, 0.4) is 0 Å². The number of carbonyl (C=O) groups is 1. The fourth-order valence-corrected chi connectivity index (χ4v) is 3.55. The first kappa shape index (κ1) is 14.8. The third-order valence-electron chi connectivity index (χ3n) is 4.99. The monoisotopic (exact) mass is 267 g/mol. The predicted octanol–water partition coefficient (Wildman–Crippen LogP) is 3.55. The van der Waals surface area contributed by atoms with Gasteiger partial charge in [-0.2, -0.15) is 0 Å². The third kappa shape index (κ3) is 3.95. The van der Waals surface area contributed by atoms with Gasteiger partial charge in [-0.05, 0) is 38.0 Å². The molecule has 110 valence electrons. The van der Waals surface area contributed by atoms with Crippen LogP contribution < -0.4 is 5.73 Å². The molecule has 3 heteroatoms. The van der Waals surface area contributed by atoms with E-state index in [1.54, 1.807) is 0 Å². The lowest BCUT2D eigenvalue weighted by molar-refractivity contribution is -0.158. The Kier molecular flexibility index (Phi) is 5.26. The van der Waals surface area contributed by atoms with E-state index in [9.17, 15) is 4.79 Å². The van der Waals surface area contributed by atoms with E-state index in [0.717, 1.165) is 44.4 Å². The number of nitrogens with two attached hydrogens (primary N) is 1. The van der Waals surface area contributed by atoms with Gasteiger partial charge in [-0.25, -0.2) is 0 Å². The maximum atomic E-state index is 12.4. The van der Waals surface area contributed by atoms with Gasteiger partial charge in [0, 0.05) is 0 Å². The Balaban J connectivity index is 1.88. The van der Waals surface area contributed by atoms with Crippen molar-refractivity contribution in [3.8, 4) is 0 Å². The van der Waals surface area contributed by atoms with Crippen molar-refractivity contribution in [2.24, 2.45) is 11.7 Å². The van der Waals surface area contributed by atoms with Gasteiger partial charge in [0.1, 0.15) is 11.6 Å². The molecule has 2 rings (SSSR count). The molecule has 0 aliphatic heterocycles. The van der Waals surface area contributed by atoms with Gasteiger partial charge in [-0.3, -0.25) is 4.79 Å². The molecule has 3 nitrogen and oxygen atoms in total. The molecule has 0 aromatic rings. The highest BCUT2D eigenvalue weighted by molar-refractivity contribution is 5.80. The Hall–Kier alpha value is -0.570. The zero-order chi connectivity index (χ0) is 13.7. The van der Waals surface area contributed by atoms with Gasteiger partial charge < -0.3 is 10.5 Å². The highest BCUT2D eigenvalue weighted by Gasteiger charge is 2.37. The van der Waals surface area contributed by atoms with Crippen LogP contribution in [0.15, 0.2) is 0 Å². The van der Waals surface area contributed by atoms with E-state index < -0.39 is 5.54 Å².